The van der Waals surface area contributed by atoms with Gasteiger partial charge in [0.1, 0.15) is 16.9 Å². The normalized spacial score (nSPS) is 12.0. The molecule has 4 rings (SSSR count). The van der Waals surface area contributed by atoms with E-state index in [1.165, 1.54) is 17.4 Å². The Labute approximate surface area is 201 Å². The van der Waals surface area contributed by atoms with Crippen LogP contribution in [0.5, 0.6) is 11.5 Å². The van der Waals surface area contributed by atoms with Crippen molar-refractivity contribution in [3.63, 3.8) is 0 Å². The van der Waals surface area contributed by atoms with Gasteiger partial charge < -0.3 is 15.2 Å². The molecule has 1 atom stereocenters. The van der Waals surface area contributed by atoms with E-state index < -0.39 is 18.0 Å². The highest BCUT2D eigenvalue weighted by Gasteiger charge is 2.21. The van der Waals surface area contributed by atoms with E-state index in [1.807, 2.05) is 0 Å². The number of rotatable bonds is 5. The van der Waals surface area contributed by atoms with Gasteiger partial charge in [-0.05, 0) is 31.2 Å². The monoisotopic (exact) mass is 510 g/mol. The second-order valence-electron chi connectivity index (χ2n) is 6.70. The minimum atomic E-state index is -0.937. The molecular formula is C22H14Cl3FN2O3S. The Morgan fingerprint density at radius 1 is 1.09 bits per heavy atom. The molecule has 0 radical (unpaired) electrons. The van der Waals surface area contributed by atoms with Crippen molar-refractivity contribution in [2.24, 2.45) is 5.73 Å². The number of carbonyl (C=O) groups is 1. The summed E-state index contributed by atoms with van der Waals surface area (Å²) in [6.45, 7) is 1.70. The Morgan fingerprint density at radius 2 is 1.81 bits per heavy atom. The number of nitrogens with zero attached hydrogens (tertiary/aromatic N) is 1. The molecule has 0 fully saturated rings. The van der Waals surface area contributed by atoms with Gasteiger partial charge in [-0.3, -0.25) is 0 Å². The maximum absolute atomic E-state index is 14.8. The quantitative estimate of drug-likeness (QED) is 0.279. The van der Waals surface area contributed by atoms with Crippen LogP contribution in [-0.2, 0) is 0 Å². The fourth-order valence-electron chi connectivity index (χ4n) is 3.14. The van der Waals surface area contributed by atoms with E-state index in [0.717, 1.165) is 0 Å². The van der Waals surface area contributed by atoms with Crippen molar-refractivity contribution in [3.8, 4) is 22.1 Å². The standard InChI is InChI=1S/C22H14Cl3FN2O3S/c1-10(19-12(23)6-7-13(24)20(19)25)30-17-9-18-15(8-14(17)26)28-21(32-18)11-4-2-3-5-16(11)31-22(27)29/h2-10H,1H3,(H2,27,29). The van der Waals surface area contributed by atoms with Crippen LogP contribution in [0.25, 0.3) is 20.8 Å². The van der Waals surface area contributed by atoms with Crippen LogP contribution >= 0.6 is 46.1 Å². The van der Waals surface area contributed by atoms with Crippen molar-refractivity contribution >= 4 is 62.4 Å². The van der Waals surface area contributed by atoms with Crippen LogP contribution in [0.15, 0.2) is 48.5 Å². The first-order valence-electron chi connectivity index (χ1n) is 9.21. The number of halogens is 4. The SMILES string of the molecule is CC(Oc1cc2sc(-c3ccccc3OC(N)=O)nc2cc1F)c1c(Cl)ccc(Cl)c1Cl. The highest BCUT2D eigenvalue weighted by molar-refractivity contribution is 7.21. The lowest BCUT2D eigenvalue weighted by atomic mass is 10.1. The van der Waals surface area contributed by atoms with E-state index in [1.54, 1.807) is 49.4 Å². The molecule has 1 amide bonds. The lowest BCUT2D eigenvalue weighted by molar-refractivity contribution is 0.211. The molecule has 0 bridgehead atoms. The van der Waals surface area contributed by atoms with E-state index in [9.17, 15) is 9.18 Å². The second kappa shape index (κ2) is 9.11. The maximum Gasteiger partial charge on any atom is 0.409 e. The number of nitrogens with two attached hydrogens (primary N) is 1. The molecule has 3 aromatic carbocycles. The molecule has 1 aromatic heterocycles. The van der Waals surface area contributed by atoms with Crippen LogP contribution in [-0.4, -0.2) is 11.1 Å². The molecule has 0 aliphatic heterocycles. The van der Waals surface area contributed by atoms with Gasteiger partial charge in [-0.15, -0.1) is 11.3 Å². The first-order chi connectivity index (χ1) is 15.2. The van der Waals surface area contributed by atoms with E-state index in [2.05, 4.69) is 4.98 Å². The third-order valence-corrected chi connectivity index (χ3v) is 6.76. The van der Waals surface area contributed by atoms with Crippen LogP contribution < -0.4 is 15.2 Å². The lowest BCUT2D eigenvalue weighted by Gasteiger charge is -2.18. The summed E-state index contributed by atoms with van der Waals surface area (Å²) in [5, 5.41) is 1.46. The number of fused-ring (bicyclic) bond motifs is 1. The summed E-state index contributed by atoms with van der Waals surface area (Å²) in [5.41, 5.74) is 6.58. The first-order valence-corrected chi connectivity index (χ1v) is 11.2. The molecule has 10 heteroatoms. The minimum absolute atomic E-state index is 0.00831. The number of aromatic nitrogens is 1. The Hall–Kier alpha value is -2.58. The van der Waals surface area contributed by atoms with Crippen molar-refractivity contribution in [1.29, 1.82) is 0 Å². The maximum atomic E-state index is 14.8. The Balaban J connectivity index is 1.70. The predicted molar refractivity (Wildman–Crippen MR) is 126 cm³/mol. The fraction of sp³-hybridized carbons (Fsp3) is 0.0909. The van der Waals surface area contributed by atoms with Crippen LogP contribution in [0.1, 0.15) is 18.6 Å². The number of para-hydroxylation sites is 1. The predicted octanol–water partition coefficient (Wildman–Crippen LogP) is 7.66. The number of carbonyl (C=O) groups excluding carboxylic acids is 1. The van der Waals surface area contributed by atoms with Gasteiger partial charge in [-0.1, -0.05) is 46.9 Å². The molecule has 164 valence electrons. The number of hydrogen-bond acceptors (Lipinski definition) is 5. The van der Waals surface area contributed by atoms with Crippen molar-refractivity contribution in [2.45, 2.75) is 13.0 Å². The van der Waals surface area contributed by atoms with E-state index in [-0.39, 0.29) is 16.5 Å². The molecular weight excluding hydrogens is 498 g/mol. The summed E-state index contributed by atoms with van der Waals surface area (Å²) in [6, 6.07) is 12.8. The van der Waals surface area contributed by atoms with E-state index in [4.69, 9.17) is 50.0 Å². The number of ether oxygens (including phenoxy) is 2. The van der Waals surface area contributed by atoms with Crippen molar-refractivity contribution < 1.29 is 18.7 Å². The lowest BCUT2D eigenvalue weighted by Crippen LogP contribution is -2.16. The first kappa shape index (κ1) is 22.6. The zero-order valence-electron chi connectivity index (χ0n) is 16.4. The molecule has 0 aliphatic rings. The minimum Gasteiger partial charge on any atom is -0.483 e. The van der Waals surface area contributed by atoms with Crippen LogP contribution in [0, 0.1) is 5.82 Å². The number of hydrogen-bond donors (Lipinski definition) is 1. The number of amides is 1. The second-order valence-corrected chi connectivity index (χ2v) is 8.93. The molecule has 0 saturated heterocycles. The van der Waals surface area contributed by atoms with Crippen molar-refractivity contribution in [2.75, 3.05) is 0 Å². The van der Waals surface area contributed by atoms with Gasteiger partial charge in [0.25, 0.3) is 0 Å². The topological polar surface area (TPSA) is 74.4 Å². The highest BCUT2D eigenvalue weighted by Crippen LogP contribution is 2.40. The molecule has 0 aliphatic carbocycles. The summed E-state index contributed by atoms with van der Waals surface area (Å²) in [5.74, 6) is -0.332. The van der Waals surface area contributed by atoms with E-state index in [0.29, 0.717) is 36.4 Å². The van der Waals surface area contributed by atoms with Crippen molar-refractivity contribution in [3.05, 3.63) is 75.0 Å². The van der Waals surface area contributed by atoms with Gasteiger partial charge in [0.15, 0.2) is 11.6 Å². The average Bonchev–Trinajstić information content (AvgIpc) is 3.13. The molecule has 1 heterocycles. The third kappa shape index (κ3) is 4.47. The molecule has 5 nitrogen and oxygen atoms in total. The smallest absolute Gasteiger partial charge is 0.409 e. The van der Waals surface area contributed by atoms with Gasteiger partial charge in [0.2, 0.25) is 0 Å². The Kier molecular flexibility index (Phi) is 6.44. The summed E-state index contributed by atoms with van der Waals surface area (Å²) in [6.07, 6.45) is -1.61. The van der Waals surface area contributed by atoms with Gasteiger partial charge in [0.05, 0.1) is 25.8 Å². The Morgan fingerprint density at radius 3 is 2.56 bits per heavy atom. The zero-order chi connectivity index (χ0) is 23.0. The van der Waals surface area contributed by atoms with Gasteiger partial charge >= 0.3 is 6.09 Å². The van der Waals surface area contributed by atoms with Crippen LogP contribution in [0.3, 0.4) is 0 Å². The molecule has 32 heavy (non-hydrogen) atoms. The molecule has 0 saturated carbocycles. The Bertz CT molecular complexity index is 1350. The highest BCUT2D eigenvalue weighted by atomic mass is 35.5. The summed E-state index contributed by atoms with van der Waals surface area (Å²) in [4.78, 5) is 15.7. The van der Waals surface area contributed by atoms with Gasteiger partial charge in [-0.25, -0.2) is 14.2 Å². The zero-order valence-corrected chi connectivity index (χ0v) is 19.4. The largest absolute Gasteiger partial charge is 0.483 e. The molecule has 2 N–H and O–H groups in total. The number of thiazole rings is 1. The fourth-order valence-corrected chi connectivity index (χ4v) is 4.99. The number of primary amides is 1. The average molecular weight is 512 g/mol. The summed E-state index contributed by atoms with van der Waals surface area (Å²) in [7, 11) is 0. The molecule has 1 unspecified atom stereocenters. The van der Waals surface area contributed by atoms with E-state index >= 15 is 0 Å². The molecule has 4 aromatic rings. The van der Waals surface area contributed by atoms with Crippen LogP contribution in [0.2, 0.25) is 15.1 Å². The van der Waals surface area contributed by atoms with Gasteiger partial charge in [0, 0.05) is 22.7 Å². The van der Waals surface area contributed by atoms with Gasteiger partial charge in [-0.2, -0.15) is 0 Å². The number of benzene rings is 3. The molecule has 0 spiro atoms. The van der Waals surface area contributed by atoms with Crippen LogP contribution in [0.4, 0.5) is 9.18 Å². The summed E-state index contributed by atoms with van der Waals surface area (Å²) < 4.78 is 26.4. The van der Waals surface area contributed by atoms with Crippen molar-refractivity contribution in [1.82, 2.24) is 4.98 Å². The third-order valence-electron chi connectivity index (χ3n) is 4.56. The summed E-state index contributed by atoms with van der Waals surface area (Å²) >= 11 is 19.9.